The van der Waals surface area contributed by atoms with Gasteiger partial charge in [-0.25, -0.2) is 4.98 Å². The second-order valence-corrected chi connectivity index (χ2v) is 5.20. The molecule has 0 aliphatic carbocycles. The van der Waals surface area contributed by atoms with E-state index >= 15 is 0 Å². The lowest BCUT2D eigenvalue weighted by molar-refractivity contribution is 0.294. The molecule has 0 radical (unpaired) electrons. The van der Waals surface area contributed by atoms with Gasteiger partial charge in [0.25, 0.3) is 0 Å². The second kappa shape index (κ2) is 7.70. The molecular formula is C16H23N3O. The number of benzene rings is 1. The quantitative estimate of drug-likeness (QED) is 0.693. The van der Waals surface area contributed by atoms with Crippen LogP contribution in [0.3, 0.4) is 0 Å². The molecule has 1 aromatic heterocycles. The first-order chi connectivity index (χ1) is 9.75. The van der Waals surface area contributed by atoms with Crippen molar-refractivity contribution in [2.24, 2.45) is 0 Å². The minimum absolute atomic E-state index is 0.763. The Labute approximate surface area is 121 Å². The van der Waals surface area contributed by atoms with Gasteiger partial charge in [-0.15, -0.1) is 0 Å². The number of hydrogen-bond donors (Lipinski definition) is 0. The summed E-state index contributed by atoms with van der Waals surface area (Å²) in [4.78, 5) is 6.19. The molecule has 1 aromatic carbocycles. The van der Waals surface area contributed by atoms with E-state index in [-0.39, 0.29) is 0 Å². The zero-order valence-corrected chi connectivity index (χ0v) is 12.3. The average molecular weight is 273 g/mol. The third-order valence-electron chi connectivity index (χ3n) is 3.09. The van der Waals surface area contributed by atoms with Crippen molar-refractivity contribution in [1.82, 2.24) is 14.5 Å². The summed E-state index contributed by atoms with van der Waals surface area (Å²) in [7, 11) is 4.14. The van der Waals surface area contributed by atoms with E-state index in [1.165, 1.54) is 5.56 Å². The van der Waals surface area contributed by atoms with Crippen LogP contribution in [0.2, 0.25) is 0 Å². The molecule has 0 amide bonds. The molecule has 0 atom stereocenters. The predicted molar refractivity (Wildman–Crippen MR) is 80.8 cm³/mol. The molecule has 1 heterocycles. The number of aromatic nitrogens is 2. The molecule has 2 rings (SSSR count). The van der Waals surface area contributed by atoms with Crippen molar-refractivity contribution in [2.75, 3.05) is 20.7 Å². The van der Waals surface area contributed by atoms with Crippen molar-refractivity contribution >= 4 is 0 Å². The van der Waals surface area contributed by atoms with E-state index in [1.54, 1.807) is 0 Å². The van der Waals surface area contributed by atoms with Crippen LogP contribution in [0.1, 0.15) is 18.4 Å². The number of ether oxygens (including phenoxy) is 1. The third kappa shape index (κ3) is 4.70. The molecule has 0 fully saturated rings. The molecule has 4 nitrogen and oxygen atoms in total. The summed E-state index contributed by atoms with van der Waals surface area (Å²) < 4.78 is 8.00. The van der Waals surface area contributed by atoms with Gasteiger partial charge in [0.05, 0.1) is 12.9 Å². The first kappa shape index (κ1) is 14.6. The Morgan fingerprint density at radius 1 is 1.20 bits per heavy atom. The number of para-hydroxylation sites is 1. The molecule has 0 N–H and O–H groups in total. The van der Waals surface area contributed by atoms with Gasteiger partial charge in [0.1, 0.15) is 5.75 Å². The Hall–Kier alpha value is -1.81. The van der Waals surface area contributed by atoms with Crippen LogP contribution in [0, 0.1) is 0 Å². The van der Waals surface area contributed by atoms with Crippen molar-refractivity contribution in [3.8, 4) is 5.75 Å². The Balaban J connectivity index is 1.73. The molecule has 4 heteroatoms. The Kier molecular flexibility index (Phi) is 5.62. The molecule has 0 saturated carbocycles. The molecule has 0 bridgehead atoms. The van der Waals surface area contributed by atoms with Gasteiger partial charge in [0, 0.05) is 31.0 Å². The van der Waals surface area contributed by atoms with Crippen LogP contribution in [0.5, 0.6) is 5.75 Å². The first-order valence-corrected chi connectivity index (χ1v) is 7.07. The Bertz CT molecular complexity index is 494. The number of aryl methyl sites for hydroxylation is 1. The Morgan fingerprint density at radius 2 is 2.05 bits per heavy atom. The molecule has 0 spiro atoms. The lowest BCUT2D eigenvalue weighted by Gasteiger charge is -2.14. The number of rotatable bonds is 8. The molecular weight excluding hydrogens is 250 g/mol. The van der Waals surface area contributed by atoms with E-state index in [0.717, 1.165) is 38.3 Å². The number of hydrogen-bond acceptors (Lipinski definition) is 3. The summed E-state index contributed by atoms with van der Waals surface area (Å²) in [5.41, 5.74) is 1.24. The number of nitrogens with zero attached hydrogens (tertiary/aromatic N) is 3. The molecule has 2 aromatic rings. The maximum Gasteiger partial charge on any atom is 0.123 e. The van der Waals surface area contributed by atoms with Crippen LogP contribution >= 0.6 is 0 Å². The normalized spacial score (nSPS) is 10.9. The molecule has 20 heavy (non-hydrogen) atoms. The minimum atomic E-state index is 0.763. The lowest BCUT2D eigenvalue weighted by Crippen LogP contribution is -2.12. The van der Waals surface area contributed by atoms with E-state index in [4.69, 9.17) is 4.74 Å². The number of unbranched alkanes of at least 4 members (excludes halogenated alkanes) is 1. The molecule has 0 saturated heterocycles. The van der Waals surface area contributed by atoms with E-state index < -0.39 is 0 Å². The fourth-order valence-electron chi connectivity index (χ4n) is 2.11. The van der Waals surface area contributed by atoms with Crippen LogP contribution in [-0.4, -0.2) is 35.2 Å². The molecule has 0 unspecified atom stereocenters. The summed E-state index contributed by atoms with van der Waals surface area (Å²) in [5, 5.41) is 0. The Morgan fingerprint density at radius 3 is 2.80 bits per heavy atom. The minimum Gasteiger partial charge on any atom is -0.493 e. The van der Waals surface area contributed by atoms with Crippen LogP contribution in [0.4, 0.5) is 0 Å². The molecule has 0 aliphatic rings. The fourth-order valence-corrected chi connectivity index (χ4v) is 2.11. The maximum atomic E-state index is 5.91. The summed E-state index contributed by atoms with van der Waals surface area (Å²) in [6, 6.07) is 8.26. The van der Waals surface area contributed by atoms with E-state index in [9.17, 15) is 0 Å². The summed E-state index contributed by atoms with van der Waals surface area (Å²) in [6.07, 6.45) is 7.81. The van der Waals surface area contributed by atoms with Crippen molar-refractivity contribution in [3.63, 3.8) is 0 Å². The van der Waals surface area contributed by atoms with Gasteiger partial charge in [0.2, 0.25) is 0 Å². The van der Waals surface area contributed by atoms with E-state index in [2.05, 4.69) is 46.7 Å². The van der Waals surface area contributed by atoms with Crippen molar-refractivity contribution in [2.45, 2.75) is 25.9 Å². The molecule has 0 aliphatic heterocycles. The van der Waals surface area contributed by atoms with Gasteiger partial charge in [-0.2, -0.15) is 0 Å². The largest absolute Gasteiger partial charge is 0.493 e. The first-order valence-electron chi connectivity index (χ1n) is 7.07. The van der Waals surface area contributed by atoms with Gasteiger partial charge in [0.15, 0.2) is 0 Å². The van der Waals surface area contributed by atoms with Gasteiger partial charge < -0.3 is 14.2 Å². The summed E-state index contributed by atoms with van der Waals surface area (Å²) in [6.45, 7) is 2.67. The molecule has 108 valence electrons. The number of imidazole rings is 1. The highest BCUT2D eigenvalue weighted by Crippen LogP contribution is 2.19. The van der Waals surface area contributed by atoms with Gasteiger partial charge in [-0.05, 0) is 33.0 Å². The maximum absolute atomic E-state index is 5.91. The van der Waals surface area contributed by atoms with E-state index in [0.29, 0.717) is 0 Å². The van der Waals surface area contributed by atoms with Gasteiger partial charge in [-0.3, -0.25) is 0 Å². The average Bonchev–Trinajstić information content (AvgIpc) is 2.93. The zero-order valence-electron chi connectivity index (χ0n) is 12.3. The third-order valence-corrected chi connectivity index (χ3v) is 3.09. The zero-order chi connectivity index (χ0) is 14.2. The monoisotopic (exact) mass is 273 g/mol. The van der Waals surface area contributed by atoms with E-state index in [1.807, 2.05) is 24.8 Å². The van der Waals surface area contributed by atoms with Crippen molar-refractivity contribution in [1.29, 1.82) is 0 Å². The smallest absolute Gasteiger partial charge is 0.123 e. The topological polar surface area (TPSA) is 30.3 Å². The SMILES string of the molecule is CN(C)Cc1ccccc1OCCCCn1ccnc1. The van der Waals surface area contributed by atoms with Gasteiger partial charge in [-0.1, -0.05) is 18.2 Å². The van der Waals surface area contributed by atoms with Crippen LogP contribution in [0.25, 0.3) is 0 Å². The summed E-state index contributed by atoms with van der Waals surface area (Å²) >= 11 is 0. The van der Waals surface area contributed by atoms with Gasteiger partial charge >= 0.3 is 0 Å². The predicted octanol–water partition coefficient (Wildman–Crippen LogP) is 2.80. The standard InChI is InChI=1S/C16H23N3O/c1-18(2)13-15-7-3-4-8-16(15)20-12-6-5-10-19-11-9-17-14-19/h3-4,7-9,11,14H,5-6,10,12-13H2,1-2H3. The highest BCUT2D eigenvalue weighted by Gasteiger charge is 2.03. The van der Waals surface area contributed by atoms with Crippen LogP contribution in [-0.2, 0) is 13.1 Å². The second-order valence-electron chi connectivity index (χ2n) is 5.20. The fraction of sp³-hybridized carbons (Fsp3) is 0.438. The highest BCUT2D eigenvalue weighted by molar-refractivity contribution is 5.33. The van der Waals surface area contributed by atoms with Crippen LogP contribution < -0.4 is 4.74 Å². The van der Waals surface area contributed by atoms with Crippen molar-refractivity contribution in [3.05, 3.63) is 48.5 Å². The summed E-state index contributed by atoms with van der Waals surface area (Å²) in [5.74, 6) is 1.00. The highest BCUT2D eigenvalue weighted by atomic mass is 16.5. The van der Waals surface area contributed by atoms with Crippen molar-refractivity contribution < 1.29 is 4.74 Å². The lowest BCUT2D eigenvalue weighted by atomic mass is 10.2. The van der Waals surface area contributed by atoms with Crippen LogP contribution in [0.15, 0.2) is 43.0 Å².